The van der Waals surface area contributed by atoms with Crippen molar-refractivity contribution in [2.75, 3.05) is 5.84 Å². The average Bonchev–Trinajstić information content (AvgIpc) is 2.61. The van der Waals surface area contributed by atoms with E-state index in [1.54, 1.807) is 12.4 Å². The van der Waals surface area contributed by atoms with Crippen molar-refractivity contribution in [3.05, 3.63) is 48.3 Å². The van der Waals surface area contributed by atoms with Crippen LogP contribution in [0.3, 0.4) is 0 Å². The highest BCUT2D eigenvalue weighted by Crippen LogP contribution is 2.22. The molecule has 0 bridgehead atoms. The van der Waals surface area contributed by atoms with E-state index in [1.807, 2.05) is 30.3 Å². The molecule has 68 valence electrons. The molecule has 2 aromatic rings. The Hall–Kier alpha value is -2.21. The third-order valence-corrected chi connectivity index (χ3v) is 2.05. The van der Waals surface area contributed by atoms with Crippen LogP contribution in [0.2, 0.25) is 0 Å². The predicted octanol–water partition coefficient (Wildman–Crippen LogP) is 1.74. The van der Waals surface area contributed by atoms with Crippen LogP contribution in [0, 0.1) is 11.3 Å². The van der Waals surface area contributed by atoms with E-state index in [1.165, 1.54) is 4.68 Å². The van der Waals surface area contributed by atoms with Crippen molar-refractivity contribution < 1.29 is 0 Å². The Kier molecular flexibility index (Phi) is 1.96. The Morgan fingerprint density at radius 1 is 1.14 bits per heavy atom. The van der Waals surface area contributed by atoms with Gasteiger partial charge in [-0.25, -0.2) is 0 Å². The summed E-state index contributed by atoms with van der Waals surface area (Å²) in [6.45, 7) is 0. The number of nitrogens with zero attached hydrogens (tertiary/aromatic N) is 2. The lowest BCUT2D eigenvalue weighted by atomic mass is 10.1. The van der Waals surface area contributed by atoms with Crippen LogP contribution in [-0.2, 0) is 0 Å². The van der Waals surface area contributed by atoms with Crippen LogP contribution in [0.25, 0.3) is 11.1 Å². The minimum absolute atomic E-state index is 0.596. The summed E-state index contributed by atoms with van der Waals surface area (Å²) in [4.78, 5) is 0. The van der Waals surface area contributed by atoms with Gasteiger partial charge in [-0.05, 0) is 5.56 Å². The third kappa shape index (κ3) is 1.34. The topological polar surface area (TPSA) is 54.7 Å². The van der Waals surface area contributed by atoms with E-state index >= 15 is 0 Å². The molecule has 0 saturated heterocycles. The first-order valence-electron chi connectivity index (χ1n) is 4.24. The summed E-state index contributed by atoms with van der Waals surface area (Å²) >= 11 is 0. The summed E-state index contributed by atoms with van der Waals surface area (Å²) in [5.74, 6) is 5.56. The highest BCUT2D eigenvalue weighted by Gasteiger charge is 2.06. The Labute approximate surface area is 82.0 Å². The lowest BCUT2D eigenvalue weighted by Gasteiger charge is -1.96. The number of hydrogen-bond donors (Lipinski definition) is 1. The first kappa shape index (κ1) is 8.39. The van der Waals surface area contributed by atoms with E-state index in [-0.39, 0.29) is 0 Å². The zero-order chi connectivity index (χ0) is 9.97. The third-order valence-electron chi connectivity index (χ3n) is 2.05. The van der Waals surface area contributed by atoms with Crippen molar-refractivity contribution >= 4 is 0 Å². The summed E-state index contributed by atoms with van der Waals surface area (Å²) in [5, 5.41) is 8.87. The van der Waals surface area contributed by atoms with E-state index in [4.69, 9.17) is 11.1 Å². The van der Waals surface area contributed by atoms with Crippen LogP contribution < -0.4 is 5.84 Å². The summed E-state index contributed by atoms with van der Waals surface area (Å²) in [6.07, 6.45) is 3.36. The molecule has 2 rings (SSSR count). The molecule has 0 atom stereocenters. The highest BCUT2D eigenvalue weighted by atomic mass is 15.3. The van der Waals surface area contributed by atoms with Gasteiger partial charge in [0.25, 0.3) is 0 Å². The Morgan fingerprint density at radius 2 is 1.86 bits per heavy atom. The van der Waals surface area contributed by atoms with E-state index in [2.05, 4.69) is 6.07 Å². The maximum Gasteiger partial charge on any atom is 0.101 e. The molecule has 1 aromatic carbocycles. The van der Waals surface area contributed by atoms with Gasteiger partial charge in [0.1, 0.15) is 6.07 Å². The zero-order valence-electron chi connectivity index (χ0n) is 7.51. The van der Waals surface area contributed by atoms with Crippen molar-refractivity contribution in [3.63, 3.8) is 0 Å². The van der Waals surface area contributed by atoms with Gasteiger partial charge in [-0.1, -0.05) is 30.3 Å². The van der Waals surface area contributed by atoms with Gasteiger partial charge >= 0.3 is 0 Å². The summed E-state index contributed by atoms with van der Waals surface area (Å²) in [6, 6.07) is 11.8. The van der Waals surface area contributed by atoms with Crippen LogP contribution in [0.15, 0.2) is 42.7 Å². The summed E-state index contributed by atoms with van der Waals surface area (Å²) in [7, 11) is 0. The summed E-state index contributed by atoms with van der Waals surface area (Å²) in [5.41, 5.74) is 2.47. The molecule has 0 spiro atoms. The van der Waals surface area contributed by atoms with Crippen LogP contribution >= 0.6 is 0 Å². The summed E-state index contributed by atoms with van der Waals surface area (Å²) < 4.78 is 1.40. The van der Waals surface area contributed by atoms with Crippen LogP contribution in [0.5, 0.6) is 0 Å². The molecule has 2 N–H and O–H groups in total. The van der Waals surface area contributed by atoms with E-state index in [0.717, 1.165) is 11.1 Å². The van der Waals surface area contributed by atoms with E-state index in [0.29, 0.717) is 5.56 Å². The van der Waals surface area contributed by atoms with Gasteiger partial charge in [0, 0.05) is 18.0 Å². The Morgan fingerprint density at radius 3 is 2.50 bits per heavy atom. The van der Waals surface area contributed by atoms with Gasteiger partial charge in [0.2, 0.25) is 0 Å². The van der Waals surface area contributed by atoms with Crippen LogP contribution in [-0.4, -0.2) is 4.68 Å². The molecule has 3 nitrogen and oxygen atoms in total. The largest absolute Gasteiger partial charge is 0.340 e. The number of hydrogen-bond acceptors (Lipinski definition) is 2. The van der Waals surface area contributed by atoms with Crippen molar-refractivity contribution in [2.45, 2.75) is 0 Å². The molecule has 3 heteroatoms. The second-order valence-electron chi connectivity index (χ2n) is 3.01. The maximum atomic E-state index is 8.87. The van der Waals surface area contributed by atoms with Crippen LogP contribution in [0.4, 0.5) is 0 Å². The molecule has 1 heterocycles. The lowest BCUT2D eigenvalue weighted by Crippen LogP contribution is -2.02. The monoisotopic (exact) mass is 183 g/mol. The normalized spacial score (nSPS) is 9.64. The van der Waals surface area contributed by atoms with Crippen molar-refractivity contribution in [3.8, 4) is 17.2 Å². The van der Waals surface area contributed by atoms with Gasteiger partial charge in [-0.3, -0.25) is 4.68 Å². The zero-order valence-corrected chi connectivity index (χ0v) is 7.51. The van der Waals surface area contributed by atoms with Gasteiger partial charge in [-0.15, -0.1) is 0 Å². The van der Waals surface area contributed by atoms with Gasteiger partial charge in [0.05, 0.1) is 5.56 Å². The number of nitrogen functional groups attached to an aromatic ring is 1. The van der Waals surface area contributed by atoms with Crippen molar-refractivity contribution in [1.29, 1.82) is 5.26 Å². The smallest absolute Gasteiger partial charge is 0.101 e. The second kappa shape index (κ2) is 3.27. The fourth-order valence-electron chi connectivity index (χ4n) is 1.41. The first-order valence-corrected chi connectivity index (χ1v) is 4.24. The quantitative estimate of drug-likeness (QED) is 0.684. The fraction of sp³-hybridized carbons (Fsp3) is 0. The molecule has 0 aliphatic heterocycles. The second-order valence-corrected chi connectivity index (χ2v) is 3.01. The fourth-order valence-corrected chi connectivity index (χ4v) is 1.41. The number of aromatic nitrogens is 1. The Balaban J connectivity index is 2.58. The number of nitriles is 1. The molecule has 0 fully saturated rings. The number of rotatable bonds is 1. The van der Waals surface area contributed by atoms with Crippen molar-refractivity contribution in [1.82, 2.24) is 4.68 Å². The van der Waals surface area contributed by atoms with Gasteiger partial charge < -0.3 is 5.84 Å². The van der Waals surface area contributed by atoms with Crippen molar-refractivity contribution in [2.24, 2.45) is 0 Å². The molecule has 0 radical (unpaired) electrons. The van der Waals surface area contributed by atoms with E-state index in [9.17, 15) is 0 Å². The van der Waals surface area contributed by atoms with Crippen LogP contribution in [0.1, 0.15) is 5.56 Å². The molecule has 0 saturated carbocycles. The molecule has 0 aliphatic rings. The first-order chi connectivity index (χ1) is 6.81. The molecule has 1 aromatic heterocycles. The minimum Gasteiger partial charge on any atom is -0.340 e. The molecule has 0 amide bonds. The Bertz CT molecular complexity index is 477. The molecule has 0 unspecified atom stereocenters. The van der Waals surface area contributed by atoms with E-state index < -0.39 is 0 Å². The molecular weight excluding hydrogens is 174 g/mol. The van der Waals surface area contributed by atoms with Gasteiger partial charge in [0.15, 0.2) is 0 Å². The van der Waals surface area contributed by atoms with Gasteiger partial charge in [-0.2, -0.15) is 5.26 Å². The predicted molar refractivity (Wildman–Crippen MR) is 54.7 cm³/mol. The number of benzene rings is 1. The minimum atomic E-state index is 0.596. The maximum absolute atomic E-state index is 8.87. The molecule has 14 heavy (non-hydrogen) atoms. The molecular formula is C11H9N3. The average molecular weight is 183 g/mol. The number of nitrogens with two attached hydrogens (primary N) is 1. The standard InChI is InChI=1S/C11H9N3/c12-6-10-7-14(13)8-11(10)9-4-2-1-3-5-9/h1-5,7-8H,13H2. The highest BCUT2D eigenvalue weighted by molar-refractivity contribution is 5.69. The SMILES string of the molecule is N#Cc1cn(N)cc1-c1ccccc1. The molecule has 0 aliphatic carbocycles. The lowest BCUT2D eigenvalue weighted by molar-refractivity contribution is 1.02.